The lowest BCUT2D eigenvalue weighted by Crippen LogP contribution is -3.13. The van der Waals surface area contributed by atoms with Crippen molar-refractivity contribution in [2.45, 2.75) is 25.5 Å². The van der Waals surface area contributed by atoms with Gasteiger partial charge in [0, 0.05) is 18.1 Å². The van der Waals surface area contributed by atoms with Crippen LogP contribution in [0.2, 0.25) is 0 Å². The molecule has 3 heterocycles. The van der Waals surface area contributed by atoms with Crippen LogP contribution in [0.5, 0.6) is 11.5 Å². The molecule has 2 aliphatic rings. The van der Waals surface area contributed by atoms with Gasteiger partial charge < -0.3 is 18.6 Å². The van der Waals surface area contributed by atoms with Gasteiger partial charge in [0.05, 0.1) is 12.7 Å². The Hall–Kier alpha value is -2.83. The van der Waals surface area contributed by atoms with Crippen LogP contribution < -0.4 is 20.0 Å². The average Bonchev–Trinajstić information content (AvgIpc) is 3.26. The molecular weight excluding hydrogens is 370 g/mol. The summed E-state index contributed by atoms with van der Waals surface area (Å²) in [4.78, 5) is 13.7. The maximum atomic E-state index is 12.4. The SMILES string of the molecule is COc1ccc(-c2cc(=O)oc3c4c(ccc23)OC[NH+](C[C@@H]2CCCO2)C4)cc1. The summed E-state index contributed by atoms with van der Waals surface area (Å²) in [6.07, 6.45) is 2.51. The first-order chi connectivity index (χ1) is 14.2. The van der Waals surface area contributed by atoms with Gasteiger partial charge in [0.15, 0.2) is 5.58 Å². The molecule has 6 heteroatoms. The highest BCUT2D eigenvalue weighted by Gasteiger charge is 2.28. The summed E-state index contributed by atoms with van der Waals surface area (Å²) >= 11 is 0. The van der Waals surface area contributed by atoms with E-state index in [0.29, 0.717) is 12.3 Å². The fourth-order valence-electron chi connectivity index (χ4n) is 4.32. The molecule has 1 N–H and O–H groups in total. The Morgan fingerprint density at radius 2 is 2.03 bits per heavy atom. The zero-order valence-corrected chi connectivity index (χ0v) is 16.4. The molecule has 3 aromatic rings. The van der Waals surface area contributed by atoms with Crippen molar-refractivity contribution in [2.75, 3.05) is 27.0 Å². The van der Waals surface area contributed by atoms with E-state index in [-0.39, 0.29) is 11.7 Å². The number of hydrogen-bond acceptors (Lipinski definition) is 5. The van der Waals surface area contributed by atoms with Gasteiger partial charge in [-0.2, -0.15) is 0 Å². The van der Waals surface area contributed by atoms with Crippen molar-refractivity contribution in [3.63, 3.8) is 0 Å². The molecule has 29 heavy (non-hydrogen) atoms. The lowest BCUT2D eigenvalue weighted by Gasteiger charge is -2.28. The summed E-state index contributed by atoms with van der Waals surface area (Å²) in [5.41, 5.74) is 3.01. The lowest BCUT2D eigenvalue weighted by molar-refractivity contribution is -0.935. The van der Waals surface area contributed by atoms with E-state index in [9.17, 15) is 4.79 Å². The summed E-state index contributed by atoms with van der Waals surface area (Å²) in [7, 11) is 1.64. The molecular formula is C23H24NO5+. The van der Waals surface area contributed by atoms with Crippen molar-refractivity contribution in [2.24, 2.45) is 0 Å². The topological polar surface area (TPSA) is 62.3 Å². The predicted octanol–water partition coefficient (Wildman–Crippen LogP) is 2.38. The molecule has 1 aromatic heterocycles. The number of ether oxygens (including phenoxy) is 3. The maximum absolute atomic E-state index is 12.4. The number of quaternary nitrogens is 1. The van der Waals surface area contributed by atoms with Gasteiger partial charge in [-0.05, 0) is 48.2 Å². The highest BCUT2D eigenvalue weighted by molar-refractivity contribution is 5.95. The molecule has 1 saturated heterocycles. The number of methoxy groups -OCH3 is 1. The second kappa shape index (κ2) is 7.54. The van der Waals surface area contributed by atoms with Crippen LogP contribution in [-0.2, 0) is 11.3 Å². The summed E-state index contributed by atoms with van der Waals surface area (Å²) < 4.78 is 22.7. The third-order valence-corrected chi connectivity index (χ3v) is 5.77. The number of nitrogens with one attached hydrogen (secondary N) is 1. The van der Waals surface area contributed by atoms with Gasteiger partial charge in [-0.25, -0.2) is 4.79 Å². The highest BCUT2D eigenvalue weighted by Crippen LogP contribution is 2.34. The van der Waals surface area contributed by atoms with Crippen LogP contribution in [0, 0.1) is 0 Å². The van der Waals surface area contributed by atoms with E-state index in [4.69, 9.17) is 18.6 Å². The average molecular weight is 394 g/mol. The van der Waals surface area contributed by atoms with Gasteiger partial charge in [-0.1, -0.05) is 12.1 Å². The van der Waals surface area contributed by atoms with Crippen molar-refractivity contribution in [3.05, 3.63) is 58.4 Å². The first kappa shape index (κ1) is 18.2. The lowest BCUT2D eigenvalue weighted by atomic mass is 9.99. The molecule has 1 unspecified atom stereocenters. The minimum atomic E-state index is -0.358. The van der Waals surface area contributed by atoms with E-state index in [1.807, 2.05) is 36.4 Å². The Morgan fingerprint density at radius 3 is 2.79 bits per heavy atom. The van der Waals surface area contributed by atoms with Gasteiger partial charge in [0.1, 0.15) is 30.7 Å². The smallest absolute Gasteiger partial charge is 0.336 e. The van der Waals surface area contributed by atoms with Crippen LogP contribution in [-0.4, -0.2) is 33.1 Å². The number of benzene rings is 2. The molecule has 2 aromatic carbocycles. The highest BCUT2D eigenvalue weighted by atomic mass is 16.5. The van der Waals surface area contributed by atoms with Crippen molar-refractivity contribution in [1.82, 2.24) is 0 Å². The third kappa shape index (κ3) is 3.50. The Kier molecular flexibility index (Phi) is 4.73. The van der Waals surface area contributed by atoms with Crippen molar-refractivity contribution in [1.29, 1.82) is 0 Å². The molecule has 0 bridgehead atoms. The molecule has 1 fully saturated rings. The normalized spacial score (nSPS) is 21.0. The van der Waals surface area contributed by atoms with E-state index >= 15 is 0 Å². The van der Waals surface area contributed by atoms with Crippen molar-refractivity contribution >= 4 is 11.0 Å². The molecule has 5 rings (SSSR count). The monoisotopic (exact) mass is 394 g/mol. The summed E-state index contributed by atoms with van der Waals surface area (Å²) in [6, 6.07) is 13.2. The fraction of sp³-hybridized carbons (Fsp3) is 0.348. The van der Waals surface area contributed by atoms with E-state index in [2.05, 4.69) is 0 Å². The van der Waals surface area contributed by atoms with Crippen LogP contribution in [0.25, 0.3) is 22.1 Å². The van der Waals surface area contributed by atoms with Crippen LogP contribution in [0.4, 0.5) is 0 Å². The van der Waals surface area contributed by atoms with Gasteiger partial charge in [-0.3, -0.25) is 4.90 Å². The standard InChI is InChI=1S/C23H23NO5/c1-26-16-6-4-15(5-7-16)19-11-22(25)29-23-18(19)8-9-21-20(23)13-24(14-28-21)12-17-3-2-10-27-17/h4-9,11,17H,2-3,10,12-14H2,1H3/p+1/t17-/m0/s1. The van der Waals surface area contributed by atoms with Crippen molar-refractivity contribution < 1.29 is 23.5 Å². The minimum absolute atomic E-state index is 0.284. The third-order valence-electron chi connectivity index (χ3n) is 5.77. The van der Waals surface area contributed by atoms with Crippen molar-refractivity contribution in [3.8, 4) is 22.6 Å². The van der Waals surface area contributed by atoms with Gasteiger partial charge in [-0.15, -0.1) is 0 Å². The van der Waals surface area contributed by atoms with Crippen LogP contribution in [0.15, 0.2) is 51.7 Å². The zero-order chi connectivity index (χ0) is 19.8. The van der Waals surface area contributed by atoms with Crippen LogP contribution in [0.3, 0.4) is 0 Å². The van der Waals surface area contributed by atoms with Crippen LogP contribution >= 0.6 is 0 Å². The first-order valence-electron chi connectivity index (χ1n) is 10.0. The largest absolute Gasteiger partial charge is 0.497 e. The molecule has 0 saturated carbocycles. The first-order valence-corrected chi connectivity index (χ1v) is 10.0. The minimum Gasteiger partial charge on any atom is -0.497 e. The Morgan fingerprint density at radius 1 is 1.17 bits per heavy atom. The van der Waals surface area contributed by atoms with E-state index in [1.54, 1.807) is 13.2 Å². The summed E-state index contributed by atoms with van der Waals surface area (Å²) in [5, 5.41) is 0.912. The molecule has 0 amide bonds. The van der Waals surface area contributed by atoms with E-state index in [1.165, 1.54) is 4.90 Å². The molecule has 150 valence electrons. The molecule has 6 nitrogen and oxygen atoms in total. The summed E-state index contributed by atoms with van der Waals surface area (Å²) in [6.45, 7) is 3.10. The van der Waals surface area contributed by atoms with Gasteiger partial charge >= 0.3 is 5.63 Å². The quantitative estimate of drug-likeness (QED) is 0.689. The van der Waals surface area contributed by atoms with Gasteiger partial charge in [0.2, 0.25) is 6.73 Å². The fourth-order valence-corrected chi connectivity index (χ4v) is 4.32. The number of rotatable bonds is 4. The number of hydrogen-bond donors (Lipinski definition) is 1. The maximum Gasteiger partial charge on any atom is 0.336 e. The number of fused-ring (bicyclic) bond motifs is 3. The second-order valence-corrected chi connectivity index (χ2v) is 7.68. The Bertz CT molecular complexity index is 1080. The molecule has 2 atom stereocenters. The Labute approximate surface area is 168 Å². The molecule has 0 spiro atoms. The van der Waals surface area contributed by atoms with E-state index < -0.39 is 0 Å². The zero-order valence-electron chi connectivity index (χ0n) is 16.4. The van der Waals surface area contributed by atoms with Gasteiger partial charge in [0.25, 0.3) is 0 Å². The molecule has 2 aliphatic heterocycles. The second-order valence-electron chi connectivity index (χ2n) is 7.68. The molecule has 0 aliphatic carbocycles. The summed E-state index contributed by atoms with van der Waals surface area (Å²) in [5.74, 6) is 1.57. The predicted molar refractivity (Wildman–Crippen MR) is 108 cm³/mol. The Balaban J connectivity index is 1.55. The molecule has 0 radical (unpaired) electrons. The van der Waals surface area contributed by atoms with Crippen LogP contribution in [0.1, 0.15) is 18.4 Å². The van der Waals surface area contributed by atoms with E-state index in [0.717, 1.165) is 66.1 Å².